The number of likely N-dealkylation sites (tertiary alicyclic amines) is 1. The standard InChI is InChI=1S/C13H18Cl2NP/c1-11-6-5-7-12(13(11)17(14)15)10-16-8-3-2-4-9-16/h5-7H,2-4,8-10H2,1H3. The summed E-state index contributed by atoms with van der Waals surface area (Å²) in [6, 6.07) is 6.36. The van der Waals surface area contributed by atoms with Crippen LogP contribution in [0.2, 0.25) is 0 Å². The summed E-state index contributed by atoms with van der Waals surface area (Å²) in [5.74, 6) is 0. The maximum absolute atomic E-state index is 6.14. The summed E-state index contributed by atoms with van der Waals surface area (Å²) in [6.45, 7) is 4.45. The molecule has 0 spiro atoms. The number of rotatable bonds is 3. The number of benzene rings is 1. The minimum atomic E-state index is -1.05. The number of halogens is 2. The van der Waals surface area contributed by atoms with Crippen LogP contribution in [0.4, 0.5) is 0 Å². The van der Waals surface area contributed by atoms with E-state index in [9.17, 15) is 0 Å². The maximum Gasteiger partial charge on any atom is 0.117 e. The first-order chi connectivity index (χ1) is 8.18. The van der Waals surface area contributed by atoms with Crippen molar-refractivity contribution in [3.8, 4) is 0 Å². The number of nitrogens with zero attached hydrogens (tertiary/aromatic N) is 1. The molecule has 94 valence electrons. The van der Waals surface area contributed by atoms with Crippen LogP contribution in [0.3, 0.4) is 0 Å². The van der Waals surface area contributed by atoms with Crippen LogP contribution in [0.5, 0.6) is 0 Å². The van der Waals surface area contributed by atoms with Crippen molar-refractivity contribution in [1.82, 2.24) is 4.90 Å². The molecule has 0 unspecified atom stereocenters. The van der Waals surface area contributed by atoms with Gasteiger partial charge in [-0.3, -0.25) is 4.90 Å². The monoisotopic (exact) mass is 289 g/mol. The van der Waals surface area contributed by atoms with Gasteiger partial charge in [0.1, 0.15) is 6.63 Å². The third kappa shape index (κ3) is 3.58. The smallest absolute Gasteiger partial charge is 0.117 e. The Hall–Kier alpha value is 0.190. The molecular formula is C13H18Cl2NP. The van der Waals surface area contributed by atoms with Gasteiger partial charge in [0.05, 0.1) is 0 Å². The summed E-state index contributed by atoms with van der Waals surface area (Å²) in [5, 5.41) is 1.16. The molecule has 1 aliphatic heterocycles. The minimum absolute atomic E-state index is 0.995. The van der Waals surface area contributed by atoms with Crippen molar-refractivity contribution in [3.63, 3.8) is 0 Å². The highest BCUT2D eigenvalue weighted by molar-refractivity contribution is 8.09. The molecule has 1 aromatic carbocycles. The van der Waals surface area contributed by atoms with Crippen molar-refractivity contribution in [2.45, 2.75) is 32.7 Å². The van der Waals surface area contributed by atoms with Gasteiger partial charge >= 0.3 is 0 Å². The predicted octanol–water partition coefficient (Wildman–Crippen LogP) is 4.40. The van der Waals surface area contributed by atoms with E-state index in [-0.39, 0.29) is 0 Å². The zero-order valence-corrected chi connectivity index (χ0v) is 12.5. The Morgan fingerprint density at radius 3 is 2.53 bits per heavy atom. The number of aryl methyl sites for hydroxylation is 1. The fourth-order valence-corrected chi connectivity index (χ4v) is 4.60. The third-order valence-electron chi connectivity index (χ3n) is 3.33. The molecule has 0 saturated carbocycles. The molecule has 0 N–H and O–H groups in total. The maximum atomic E-state index is 6.14. The second kappa shape index (κ2) is 6.38. The fourth-order valence-electron chi connectivity index (χ4n) is 2.45. The first kappa shape index (κ1) is 13.6. The summed E-state index contributed by atoms with van der Waals surface area (Å²) in [4.78, 5) is 2.51. The summed E-state index contributed by atoms with van der Waals surface area (Å²) in [7, 11) is 0. The van der Waals surface area contributed by atoms with Crippen molar-refractivity contribution >= 4 is 34.4 Å². The number of hydrogen-bond donors (Lipinski definition) is 0. The van der Waals surface area contributed by atoms with Gasteiger partial charge in [0.25, 0.3) is 0 Å². The molecule has 1 aliphatic rings. The van der Waals surface area contributed by atoms with Crippen molar-refractivity contribution in [1.29, 1.82) is 0 Å². The lowest BCUT2D eigenvalue weighted by Crippen LogP contribution is -2.30. The molecule has 1 fully saturated rings. The molecule has 1 heterocycles. The van der Waals surface area contributed by atoms with Gasteiger partial charge in [-0.25, -0.2) is 0 Å². The van der Waals surface area contributed by atoms with E-state index in [1.54, 1.807) is 0 Å². The van der Waals surface area contributed by atoms with Crippen LogP contribution in [0.1, 0.15) is 30.4 Å². The van der Waals surface area contributed by atoms with Crippen molar-refractivity contribution in [2.24, 2.45) is 0 Å². The summed E-state index contributed by atoms with van der Waals surface area (Å²) in [5.41, 5.74) is 2.53. The molecule has 0 amide bonds. The molecule has 1 nitrogen and oxygen atoms in total. The number of hydrogen-bond acceptors (Lipinski definition) is 1. The Bertz CT molecular complexity index is 376. The highest BCUT2D eigenvalue weighted by atomic mass is 35.9. The lowest BCUT2D eigenvalue weighted by Gasteiger charge is -2.27. The molecule has 0 bridgehead atoms. The summed E-state index contributed by atoms with van der Waals surface area (Å²) >= 11 is 12.3. The van der Waals surface area contributed by atoms with Crippen LogP contribution in [0.25, 0.3) is 0 Å². The first-order valence-electron chi connectivity index (χ1n) is 6.11. The van der Waals surface area contributed by atoms with Gasteiger partial charge in [-0.2, -0.15) is 0 Å². The van der Waals surface area contributed by atoms with E-state index >= 15 is 0 Å². The van der Waals surface area contributed by atoms with Crippen molar-refractivity contribution in [3.05, 3.63) is 29.3 Å². The zero-order chi connectivity index (χ0) is 12.3. The van der Waals surface area contributed by atoms with Gasteiger partial charge in [-0.05, 0) is 44.0 Å². The third-order valence-corrected chi connectivity index (χ3v) is 5.33. The molecule has 0 radical (unpaired) electrons. The van der Waals surface area contributed by atoms with Crippen LogP contribution in [-0.4, -0.2) is 18.0 Å². The zero-order valence-electron chi connectivity index (χ0n) is 10.1. The summed E-state index contributed by atoms with van der Waals surface area (Å²) < 4.78 is 0. The fraction of sp³-hybridized carbons (Fsp3) is 0.538. The van der Waals surface area contributed by atoms with E-state index in [1.165, 1.54) is 43.5 Å². The summed E-state index contributed by atoms with van der Waals surface area (Å²) in [6.07, 6.45) is 4.00. The average molecular weight is 290 g/mol. The average Bonchev–Trinajstić information content (AvgIpc) is 2.30. The minimum Gasteiger partial charge on any atom is -0.299 e. The molecule has 1 aromatic rings. The molecule has 0 atom stereocenters. The quantitative estimate of drug-likeness (QED) is 0.746. The van der Waals surface area contributed by atoms with Crippen LogP contribution < -0.4 is 5.30 Å². The highest BCUT2D eigenvalue weighted by Crippen LogP contribution is 2.47. The van der Waals surface area contributed by atoms with Gasteiger partial charge in [0, 0.05) is 11.8 Å². The molecule has 1 saturated heterocycles. The Morgan fingerprint density at radius 1 is 1.18 bits per heavy atom. The SMILES string of the molecule is Cc1cccc(CN2CCCCC2)c1P(Cl)Cl. The van der Waals surface area contributed by atoms with Crippen molar-refractivity contribution < 1.29 is 0 Å². The Balaban J connectivity index is 2.16. The van der Waals surface area contributed by atoms with E-state index < -0.39 is 6.63 Å². The lowest BCUT2D eigenvalue weighted by atomic mass is 10.1. The molecule has 4 heteroatoms. The van der Waals surface area contributed by atoms with E-state index in [1.807, 2.05) is 0 Å². The molecule has 0 aromatic heterocycles. The normalized spacial score (nSPS) is 17.6. The van der Waals surface area contributed by atoms with Crippen molar-refractivity contribution in [2.75, 3.05) is 13.1 Å². The van der Waals surface area contributed by atoms with Gasteiger partial charge in [0.15, 0.2) is 0 Å². The van der Waals surface area contributed by atoms with E-state index in [4.69, 9.17) is 22.5 Å². The Kier molecular flexibility index (Phi) is 5.11. The van der Waals surface area contributed by atoms with E-state index in [0.29, 0.717) is 0 Å². The largest absolute Gasteiger partial charge is 0.299 e. The number of piperidine rings is 1. The van der Waals surface area contributed by atoms with Gasteiger partial charge in [-0.1, -0.05) is 47.1 Å². The van der Waals surface area contributed by atoms with E-state index in [2.05, 4.69) is 30.0 Å². The van der Waals surface area contributed by atoms with Crippen LogP contribution in [-0.2, 0) is 6.54 Å². The second-order valence-corrected chi connectivity index (χ2v) is 8.11. The second-order valence-electron chi connectivity index (χ2n) is 4.65. The molecule has 2 rings (SSSR count). The van der Waals surface area contributed by atoms with Gasteiger partial charge in [0.2, 0.25) is 0 Å². The predicted molar refractivity (Wildman–Crippen MR) is 78.6 cm³/mol. The Morgan fingerprint density at radius 2 is 1.88 bits per heavy atom. The first-order valence-corrected chi connectivity index (χ1v) is 9.26. The molecule has 0 aliphatic carbocycles. The van der Waals surface area contributed by atoms with Crippen LogP contribution in [0, 0.1) is 6.92 Å². The van der Waals surface area contributed by atoms with Crippen LogP contribution >= 0.6 is 29.1 Å². The lowest BCUT2D eigenvalue weighted by molar-refractivity contribution is 0.221. The Labute approximate surface area is 114 Å². The van der Waals surface area contributed by atoms with Gasteiger partial charge in [-0.15, -0.1) is 0 Å². The van der Waals surface area contributed by atoms with Gasteiger partial charge < -0.3 is 0 Å². The van der Waals surface area contributed by atoms with Crippen LogP contribution in [0.15, 0.2) is 18.2 Å². The molecular weight excluding hydrogens is 272 g/mol. The van der Waals surface area contributed by atoms with E-state index in [0.717, 1.165) is 11.8 Å². The topological polar surface area (TPSA) is 3.24 Å². The molecule has 17 heavy (non-hydrogen) atoms. The highest BCUT2D eigenvalue weighted by Gasteiger charge is 2.16.